The summed E-state index contributed by atoms with van der Waals surface area (Å²) in [6.45, 7) is 0.472. The molecule has 1 aromatic heterocycles. The quantitative estimate of drug-likeness (QED) is 0.712. The first-order valence-electron chi connectivity index (χ1n) is 9.74. The minimum absolute atomic E-state index is 0.00473. The zero-order valence-corrected chi connectivity index (χ0v) is 16.1. The number of benzene rings is 2. The summed E-state index contributed by atoms with van der Waals surface area (Å²) in [6.07, 6.45) is 2.70. The molecule has 1 saturated carbocycles. The molecule has 7 nitrogen and oxygen atoms in total. The Bertz CT molecular complexity index is 1060. The van der Waals surface area contributed by atoms with Gasteiger partial charge in [-0.25, -0.2) is 0 Å². The minimum atomic E-state index is -0.00473. The van der Waals surface area contributed by atoms with E-state index in [0.717, 1.165) is 47.6 Å². The van der Waals surface area contributed by atoms with E-state index in [-0.39, 0.29) is 17.7 Å². The van der Waals surface area contributed by atoms with Crippen LogP contribution in [0.25, 0.3) is 11.4 Å². The molecule has 0 spiro atoms. The van der Waals surface area contributed by atoms with Crippen molar-refractivity contribution < 1.29 is 18.8 Å². The molecule has 1 aliphatic carbocycles. The van der Waals surface area contributed by atoms with Crippen LogP contribution in [0.5, 0.6) is 11.5 Å². The topological polar surface area (TPSA) is 86.5 Å². The van der Waals surface area contributed by atoms with Crippen molar-refractivity contribution in [1.29, 1.82) is 0 Å². The standard InChI is InChI=1S/C22H21N3O4/c1-27-18-8-7-14-9-16(12-28-19(14)11-18)22-24-20(25-29-22)15-3-2-4-17(10-15)23-21(26)13-5-6-13/h2-4,7-8,10-11,13,16H,5-6,9,12H2,1H3,(H,23,26). The normalized spacial score (nSPS) is 17.9. The maximum absolute atomic E-state index is 12.0. The van der Waals surface area contributed by atoms with Crippen molar-refractivity contribution in [3.63, 3.8) is 0 Å². The largest absolute Gasteiger partial charge is 0.497 e. The first kappa shape index (κ1) is 17.7. The van der Waals surface area contributed by atoms with Gasteiger partial charge >= 0.3 is 0 Å². The van der Waals surface area contributed by atoms with E-state index in [0.29, 0.717) is 18.3 Å². The lowest BCUT2D eigenvalue weighted by molar-refractivity contribution is -0.117. The van der Waals surface area contributed by atoms with Crippen LogP contribution in [0.4, 0.5) is 5.69 Å². The predicted octanol–water partition coefficient (Wildman–Crippen LogP) is 3.81. The fourth-order valence-corrected chi connectivity index (χ4v) is 3.48. The van der Waals surface area contributed by atoms with Crippen LogP contribution in [0.3, 0.4) is 0 Å². The summed E-state index contributed by atoms with van der Waals surface area (Å²) in [7, 11) is 1.64. The number of rotatable bonds is 5. The molecule has 148 valence electrons. The van der Waals surface area contributed by atoms with Gasteiger partial charge in [-0.3, -0.25) is 4.79 Å². The van der Waals surface area contributed by atoms with Crippen molar-refractivity contribution in [2.45, 2.75) is 25.2 Å². The lowest BCUT2D eigenvalue weighted by Gasteiger charge is -2.23. The van der Waals surface area contributed by atoms with E-state index in [1.54, 1.807) is 7.11 Å². The van der Waals surface area contributed by atoms with Crippen molar-refractivity contribution in [1.82, 2.24) is 10.1 Å². The number of ether oxygens (including phenoxy) is 2. The molecule has 7 heteroatoms. The number of hydrogen-bond donors (Lipinski definition) is 1. The highest BCUT2D eigenvalue weighted by molar-refractivity contribution is 5.94. The lowest BCUT2D eigenvalue weighted by Crippen LogP contribution is -2.19. The number of amides is 1. The molecule has 1 fully saturated rings. The molecule has 5 rings (SSSR count). The second-order valence-electron chi connectivity index (χ2n) is 7.49. The average Bonchev–Trinajstić information content (AvgIpc) is 3.50. The van der Waals surface area contributed by atoms with Gasteiger partial charge in [-0.1, -0.05) is 23.4 Å². The van der Waals surface area contributed by atoms with Crippen molar-refractivity contribution >= 4 is 11.6 Å². The van der Waals surface area contributed by atoms with Crippen LogP contribution in [-0.2, 0) is 11.2 Å². The number of carbonyl (C=O) groups is 1. The van der Waals surface area contributed by atoms with Gasteiger partial charge in [0, 0.05) is 23.2 Å². The van der Waals surface area contributed by atoms with Crippen LogP contribution < -0.4 is 14.8 Å². The van der Waals surface area contributed by atoms with Crippen LogP contribution in [0.2, 0.25) is 0 Å². The fourth-order valence-electron chi connectivity index (χ4n) is 3.48. The lowest BCUT2D eigenvalue weighted by atomic mass is 9.96. The number of fused-ring (bicyclic) bond motifs is 1. The summed E-state index contributed by atoms with van der Waals surface area (Å²) in [5.74, 6) is 2.89. The highest BCUT2D eigenvalue weighted by Gasteiger charge is 2.30. The number of carbonyl (C=O) groups excluding carboxylic acids is 1. The number of nitrogens with one attached hydrogen (secondary N) is 1. The van der Waals surface area contributed by atoms with Gasteiger partial charge in [0.2, 0.25) is 17.6 Å². The van der Waals surface area contributed by atoms with Gasteiger partial charge in [-0.2, -0.15) is 4.98 Å². The Morgan fingerprint density at radius 2 is 2.10 bits per heavy atom. The van der Waals surface area contributed by atoms with E-state index in [9.17, 15) is 4.79 Å². The molecular weight excluding hydrogens is 370 g/mol. The van der Waals surface area contributed by atoms with Gasteiger partial charge in [0.05, 0.1) is 13.0 Å². The number of methoxy groups -OCH3 is 1. The summed E-state index contributed by atoms with van der Waals surface area (Å²) in [5, 5.41) is 7.09. The monoisotopic (exact) mass is 391 g/mol. The third-order valence-corrected chi connectivity index (χ3v) is 5.31. The molecule has 1 unspecified atom stereocenters. The minimum Gasteiger partial charge on any atom is -0.497 e. The summed E-state index contributed by atoms with van der Waals surface area (Å²) >= 11 is 0. The van der Waals surface area contributed by atoms with Crippen LogP contribution in [0.1, 0.15) is 30.2 Å². The Balaban J connectivity index is 1.32. The molecule has 1 aliphatic heterocycles. The first-order valence-corrected chi connectivity index (χ1v) is 9.74. The van der Waals surface area contributed by atoms with Crippen molar-refractivity contribution in [3.8, 4) is 22.9 Å². The summed E-state index contributed by atoms with van der Waals surface area (Å²) in [4.78, 5) is 16.6. The molecule has 29 heavy (non-hydrogen) atoms. The number of anilines is 1. The van der Waals surface area contributed by atoms with E-state index in [1.165, 1.54) is 0 Å². The van der Waals surface area contributed by atoms with Crippen LogP contribution in [0, 0.1) is 5.92 Å². The average molecular weight is 391 g/mol. The van der Waals surface area contributed by atoms with Crippen molar-refractivity contribution in [3.05, 3.63) is 53.9 Å². The SMILES string of the molecule is COc1ccc2c(c1)OCC(c1nc(-c3cccc(NC(=O)C4CC4)c3)no1)C2. The third kappa shape index (κ3) is 3.68. The number of aromatic nitrogens is 2. The van der Waals surface area contributed by atoms with Gasteiger partial charge in [0.15, 0.2) is 0 Å². The van der Waals surface area contributed by atoms with E-state index in [1.807, 2.05) is 42.5 Å². The molecular formula is C22H21N3O4. The van der Waals surface area contributed by atoms with Crippen LogP contribution in [0.15, 0.2) is 47.0 Å². The van der Waals surface area contributed by atoms with Gasteiger partial charge in [0.25, 0.3) is 0 Å². The molecule has 0 bridgehead atoms. The zero-order valence-electron chi connectivity index (χ0n) is 16.1. The highest BCUT2D eigenvalue weighted by Crippen LogP contribution is 2.35. The number of nitrogens with zero attached hydrogens (tertiary/aromatic N) is 2. The van der Waals surface area contributed by atoms with Crippen molar-refractivity contribution in [2.24, 2.45) is 5.92 Å². The second kappa shape index (κ2) is 7.24. The third-order valence-electron chi connectivity index (χ3n) is 5.31. The molecule has 1 amide bonds. The van der Waals surface area contributed by atoms with Gasteiger partial charge in [-0.05, 0) is 43.0 Å². The Labute approximate surface area is 168 Å². The maximum atomic E-state index is 12.0. The van der Waals surface area contributed by atoms with E-state index in [4.69, 9.17) is 14.0 Å². The van der Waals surface area contributed by atoms with Crippen molar-refractivity contribution in [2.75, 3.05) is 19.0 Å². The highest BCUT2D eigenvalue weighted by atomic mass is 16.5. The van der Waals surface area contributed by atoms with Gasteiger partial charge < -0.3 is 19.3 Å². The molecule has 1 N–H and O–H groups in total. The van der Waals surface area contributed by atoms with Gasteiger partial charge in [-0.15, -0.1) is 0 Å². The van der Waals surface area contributed by atoms with E-state index >= 15 is 0 Å². The van der Waals surface area contributed by atoms with Crippen LogP contribution in [-0.4, -0.2) is 29.8 Å². The maximum Gasteiger partial charge on any atom is 0.233 e. The van der Waals surface area contributed by atoms with Gasteiger partial charge in [0.1, 0.15) is 18.1 Å². The first-order chi connectivity index (χ1) is 14.2. The smallest absolute Gasteiger partial charge is 0.233 e. The Hall–Kier alpha value is -3.35. The summed E-state index contributed by atoms with van der Waals surface area (Å²) < 4.78 is 16.7. The van der Waals surface area contributed by atoms with E-state index in [2.05, 4.69) is 15.5 Å². The molecule has 2 aromatic carbocycles. The Kier molecular flexibility index (Phi) is 4.42. The molecule has 0 saturated heterocycles. The Morgan fingerprint density at radius 1 is 1.21 bits per heavy atom. The molecule has 3 aromatic rings. The summed E-state index contributed by atoms with van der Waals surface area (Å²) in [5.41, 5.74) is 2.64. The molecule has 2 heterocycles. The number of hydrogen-bond acceptors (Lipinski definition) is 6. The molecule has 1 atom stereocenters. The molecule has 0 radical (unpaired) electrons. The summed E-state index contributed by atoms with van der Waals surface area (Å²) in [6, 6.07) is 13.3. The predicted molar refractivity (Wildman–Crippen MR) is 106 cm³/mol. The fraction of sp³-hybridized carbons (Fsp3) is 0.318. The van der Waals surface area contributed by atoms with Crippen LogP contribution >= 0.6 is 0 Å². The van der Waals surface area contributed by atoms with E-state index < -0.39 is 0 Å². The zero-order chi connectivity index (χ0) is 19.8. The second-order valence-corrected chi connectivity index (χ2v) is 7.49. The Morgan fingerprint density at radius 3 is 2.93 bits per heavy atom. The molecule has 2 aliphatic rings.